The molecule has 0 bridgehead atoms. The first-order valence-electron chi connectivity index (χ1n) is 7.55. The maximum absolute atomic E-state index is 14.6. The van der Waals surface area contributed by atoms with Gasteiger partial charge in [-0.3, -0.25) is 4.98 Å². The number of allylic oxidation sites excluding steroid dienone is 1. The molecule has 1 unspecified atom stereocenters. The Labute approximate surface area is 135 Å². The first-order valence-corrected chi connectivity index (χ1v) is 7.55. The van der Waals surface area contributed by atoms with E-state index in [0.717, 1.165) is 17.4 Å². The molecule has 2 aromatic rings. The summed E-state index contributed by atoms with van der Waals surface area (Å²) < 4.78 is 14.6. The number of carbonyl (C=O) groups excluding carboxylic acids is 1. The average molecular weight is 310 g/mol. The maximum atomic E-state index is 14.6. The van der Waals surface area contributed by atoms with E-state index in [9.17, 15) is 9.18 Å². The number of fused-ring (bicyclic) bond motifs is 1. The number of halogens is 1. The molecule has 118 valence electrons. The molecule has 0 fully saturated rings. The van der Waals surface area contributed by atoms with Crippen molar-refractivity contribution < 1.29 is 9.18 Å². The van der Waals surface area contributed by atoms with Crippen molar-refractivity contribution in [1.29, 1.82) is 0 Å². The Morgan fingerprint density at radius 3 is 2.78 bits per heavy atom. The van der Waals surface area contributed by atoms with Gasteiger partial charge in [-0.25, -0.2) is 4.39 Å². The van der Waals surface area contributed by atoms with Crippen molar-refractivity contribution in [1.82, 2.24) is 4.98 Å². The van der Waals surface area contributed by atoms with Gasteiger partial charge in [0, 0.05) is 36.1 Å². The number of pyridine rings is 1. The molecule has 3 rings (SSSR count). The second kappa shape index (κ2) is 5.61. The third-order valence-corrected chi connectivity index (χ3v) is 4.41. The van der Waals surface area contributed by atoms with Crippen LogP contribution in [0.3, 0.4) is 0 Å². The summed E-state index contributed by atoms with van der Waals surface area (Å²) in [7, 11) is 1.79. The molecule has 0 N–H and O–H groups in total. The largest absolute Gasteiger partial charge is 0.361 e. The van der Waals surface area contributed by atoms with Gasteiger partial charge in [0.2, 0.25) is 0 Å². The summed E-state index contributed by atoms with van der Waals surface area (Å²) in [6.45, 7) is 3.98. The van der Waals surface area contributed by atoms with Crippen molar-refractivity contribution >= 4 is 18.0 Å². The molecule has 1 aromatic carbocycles. The van der Waals surface area contributed by atoms with Crippen molar-refractivity contribution in [2.75, 3.05) is 11.9 Å². The zero-order valence-corrected chi connectivity index (χ0v) is 13.5. The van der Waals surface area contributed by atoms with E-state index in [1.165, 1.54) is 6.07 Å². The lowest BCUT2D eigenvalue weighted by atomic mass is 9.86. The first-order chi connectivity index (χ1) is 10.9. The molecule has 1 aliphatic rings. The van der Waals surface area contributed by atoms with Crippen LogP contribution < -0.4 is 4.90 Å². The van der Waals surface area contributed by atoms with Gasteiger partial charge in [0.25, 0.3) is 0 Å². The highest BCUT2D eigenvalue weighted by molar-refractivity contribution is 5.73. The third-order valence-electron chi connectivity index (χ3n) is 4.41. The molecule has 0 aliphatic heterocycles. The van der Waals surface area contributed by atoms with Crippen molar-refractivity contribution in [2.45, 2.75) is 25.3 Å². The molecule has 1 aliphatic carbocycles. The topological polar surface area (TPSA) is 33.2 Å². The Kier molecular flexibility index (Phi) is 3.76. The number of aromatic nitrogens is 1. The van der Waals surface area contributed by atoms with Crippen LogP contribution in [-0.2, 0) is 10.2 Å². The van der Waals surface area contributed by atoms with Crippen molar-refractivity contribution in [3.63, 3.8) is 0 Å². The fraction of sp³-hybridized carbons (Fsp3) is 0.263. The van der Waals surface area contributed by atoms with Crippen molar-refractivity contribution in [3.05, 3.63) is 65.2 Å². The molecule has 0 spiro atoms. The van der Waals surface area contributed by atoms with Gasteiger partial charge < -0.3 is 9.69 Å². The Bertz CT molecular complexity index is 768. The van der Waals surface area contributed by atoms with Crippen molar-refractivity contribution in [3.8, 4) is 0 Å². The van der Waals surface area contributed by atoms with E-state index in [1.54, 1.807) is 30.4 Å². The van der Waals surface area contributed by atoms with E-state index in [4.69, 9.17) is 0 Å². The van der Waals surface area contributed by atoms with Gasteiger partial charge in [-0.05, 0) is 29.3 Å². The van der Waals surface area contributed by atoms with E-state index >= 15 is 0 Å². The third kappa shape index (κ3) is 2.65. The quantitative estimate of drug-likeness (QED) is 0.803. The molecule has 4 heteroatoms. The van der Waals surface area contributed by atoms with Crippen LogP contribution in [0.15, 0.2) is 42.7 Å². The Morgan fingerprint density at radius 1 is 1.35 bits per heavy atom. The number of hydrogen-bond donors (Lipinski definition) is 0. The van der Waals surface area contributed by atoms with E-state index in [2.05, 4.69) is 4.98 Å². The lowest BCUT2D eigenvalue weighted by Gasteiger charge is -2.27. The zero-order valence-electron chi connectivity index (χ0n) is 13.5. The number of anilines is 1. The van der Waals surface area contributed by atoms with Crippen LogP contribution in [0.1, 0.15) is 36.6 Å². The minimum absolute atomic E-state index is 0.241. The van der Waals surface area contributed by atoms with E-state index < -0.39 is 6.04 Å². The fourth-order valence-electron chi connectivity index (χ4n) is 3.11. The smallest absolute Gasteiger partial charge is 0.147 e. The number of aldehydes is 1. The van der Waals surface area contributed by atoms with Gasteiger partial charge in [0.15, 0.2) is 0 Å². The summed E-state index contributed by atoms with van der Waals surface area (Å²) in [6.07, 6.45) is 8.11. The second-order valence-electron chi connectivity index (χ2n) is 6.43. The lowest BCUT2D eigenvalue weighted by molar-refractivity contribution is -0.109. The van der Waals surface area contributed by atoms with Crippen LogP contribution in [0.25, 0.3) is 6.08 Å². The van der Waals surface area contributed by atoms with Gasteiger partial charge in [-0.1, -0.05) is 32.1 Å². The van der Waals surface area contributed by atoms with Gasteiger partial charge in [0.05, 0.1) is 0 Å². The summed E-state index contributed by atoms with van der Waals surface area (Å²) in [5.74, 6) is -0.241. The fourth-order valence-corrected chi connectivity index (χ4v) is 3.11. The second-order valence-corrected chi connectivity index (χ2v) is 6.43. The summed E-state index contributed by atoms with van der Waals surface area (Å²) in [5, 5.41) is 0. The lowest BCUT2D eigenvalue weighted by Crippen LogP contribution is -2.26. The molecule has 1 aromatic heterocycles. The summed E-state index contributed by atoms with van der Waals surface area (Å²) in [6, 6.07) is 6.56. The molecular formula is C19H19FN2O. The van der Waals surface area contributed by atoms with Gasteiger partial charge >= 0.3 is 0 Å². The molecule has 0 amide bonds. The van der Waals surface area contributed by atoms with Gasteiger partial charge in [0.1, 0.15) is 18.1 Å². The van der Waals surface area contributed by atoms with Gasteiger partial charge in [-0.2, -0.15) is 0 Å². The summed E-state index contributed by atoms with van der Waals surface area (Å²) >= 11 is 0. The molecule has 0 saturated heterocycles. The molecule has 23 heavy (non-hydrogen) atoms. The molecule has 1 atom stereocenters. The van der Waals surface area contributed by atoms with E-state index in [-0.39, 0.29) is 11.2 Å². The Morgan fingerprint density at radius 2 is 2.13 bits per heavy atom. The first kappa shape index (κ1) is 15.4. The number of hydrogen-bond acceptors (Lipinski definition) is 3. The highest BCUT2D eigenvalue weighted by Gasteiger charge is 2.30. The molecule has 1 heterocycles. The Hall–Kier alpha value is -2.49. The Balaban J connectivity index is 2.01. The number of likely N-dealkylation sites (N-methyl/N-ethyl adjacent to an activating group) is 1. The van der Waals surface area contributed by atoms with Crippen LogP contribution >= 0.6 is 0 Å². The van der Waals surface area contributed by atoms with E-state index in [0.29, 0.717) is 11.3 Å². The van der Waals surface area contributed by atoms with E-state index in [1.807, 2.05) is 38.1 Å². The summed E-state index contributed by atoms with van der Waals surface area (Å²) in [4.78, 5) is 17.4. The minimum Gasteiger partial charge on any atom is -0.361 e. The number of benzene rings is 1. The molecular weight excluding hydrogens is 291 g/mol. The van der Waals surface area contributed by atoms with Crippen molar-refractivity contribution in [2.24, 2.45) is 0 Å². The predicted octanol–water partition coefficient (Wildman–Crippen LogP) is 3.90. The maximum Gasteiger partial charge on any atom is 0.147 e. The standard InChI is InChI=1S/C19H19FN2O/c1-19(2)7-6-13-9-15(10-16(20)18(13)19)22(3)17(12-23)14-5-4-8-21-11-14/h4-12,17H,1-3H3. The SMILES string of the molecule is CN(c1cc(F)c2c(c1)C=CC2(C)C)C(C=O)c1cccnc1. The summed E-state index contributed by atoms with van der Waals surface area (Å²) in [5.41, 5.74) is 2.72. The highest BCUT2D eigenvalue weighted by Crippen LogP contribution is 2.40. The minimum atomic E-state index is -0.500. The highest BCUT2D eigenvalue weighted by atomic mass is 19.1. The van der Waals surface area contributed by atoms with Gasteiger partial charge in [-0.15, -0.1) is 0 Å². The normalized spacial score (nSPS) is 16.0. The molecule has 0 radical (unpaired) electrons. The monoisotopic (exact) mass is 310 g/mol. The number of rotatable bonds is 4. The van der Waals surface area contributed by atoms with Crippen LogP contribution in [0.4, 0.5) is 10.1 Å². The average Bonchev–Trinajstić information content (AvgIpc) is 2.84. The molecule has 3 nitrogen and oxygen atoms in total. The van der Waals surface area contributed by atoms with Crippen LogP contribution in [-0.4, -0.2) is 18.3 Å². The molecule has 0 saturated carbocycles. The number of carbonyl (C=O) groups is 1. The predicted molar refractivity (Wildman–Crippen MR) is 89.9 cm³/mol. The van der Waals surface area contributed by atoms with Crippen LogP contribution in [0.5, 0.6) is 0 Å². The zero-order chi connectivity index (χ0) is 16.6. The van der Waals surface area contributed by atoms with Crippen LogP contribution in [0.2, 0.25) is 0 Å². The van der Waals surface area contributed by atoms with Crippen LogP contribution in [0, 0.1) is 5.82 Å². The number of nitrogens with zero attached hydrogens (tertiary/aromatic N) is 2.